The summed E-state index contributed by atoms with van der Waals surface area (Å²) in [5, 5.41) is 3.47. The fourth-order valence-corrected chi connectivity index (χ4v) is 2.69. The molecule has 1 aromatic rings. The molecule has 2 aliphatic rings. The second-order valence-corrected chi connectivity index (χ2v) is 5.40. The first kappa shape index (κ1) is 11.9. The number of halogens is 2. The minimum Gasteiger partial charge on any atom is -0.366 e. The van der Waals surface area contributed by atoms with Crippen LogP contribution in [0.1, 0.15) is 18.4 Å². The molecule has 2 nitrogen and oxygen atoms in total. The Balaban J connectivity index is 1.82. The van der Waals surface area contributed by atoms with E-state index in [2.05, 4.69) is 5.32 Å². The highest BCUT2D eigenvalue weighted by molar-refractivity contribution is 5.50. The van der Waals surface area contributed by atoms with Crippen molar-refractivity contribution in [2.24, 2.45) is 5.92 Å². The smallest absolute Gasteiger partial charge is 0.146 e. The molecule has 1 atom stereocenters. The van der Waals surface area contributed by atoms with E-state index in [-0.39, 0.29) is 11.6 Å². The minimum atomic E-state index is -0.326. The average Bonchev–Trinajstić information content (AvgIpc) is 3.18. The van der Waals surface area contributed by atoms with Crippen LogP contribution in [0.25, 0.3) is 0 Å². The second-order valence-electron chi connectivity index (χ2n) is 5.40. The lowest BCUT2D eigenvalue weighted by atomic mass is 10.1. The number of benzene rings is 1. The zero-order chi connectivity index (χ0) is 12.7. The van der Waals surface area contributed by atoms with Crippen molar-refractivity contribution in [3.63, 3.8) is 0 Å². The number of hydrogen-bond donors (Lipinski definition) is 1. The Hall–Kier alpha value is -1.16. The molecule has 4 heteroatoms. The van der Waals surface area contributed by atoms with Crippen molar-refractivity contribution in [1.29, 1.82) is 0 Å². The van der Waals surface area contributed by atoms with Crippen LogP contribution in [0.5, 0.6) is 0 Å². The summed E-state index contributed by atoms with van der Waals surface area (Å²) in [5.74, 6) is 0.0874. The van der Waals surface area contributed by atoms with Crippen molar-refractivity contribution in [2.75, 3.05) is 24.5 Å². The van der Waals surface area contributed by atoms with Gasteiger partial charge in [0, 0.05) is 31.7 Å². The van der Waals surface area contributed by atoms with Crippen molar-refractivity contribution >= 4 is 5.69 Å². The van der Waals surface area contributed by atoms with Crippen LogP contribution in [0.4, 0.5) is 14.5 Å². The molecule has 1 heterocycles. The van der Waals surface area contributed by atoms with Crippen molar-refractivity contribution < 1.29 is 8.78 Å². The molecule has 0 amide bonds. The molecule has 0 bridgehead atoms. The van der Waals surface area contributed by atoms with Gasteiger partial charge in [-0.2, -0.15) is 0 Å². The molecular weight excluding hydrogens is 234 g/mol. The van der Waals surface area contributed by atoms with Gasteiger partial charge < -0.3 is 10.2 Å². The third-order valence-electron chi connectivity index (χ3n) is 3.97. The number of anilines is 1. The fourth-order valence-electron chi connectivity index (χ4n) is 2.69. The Bertz CT molecular complexity index is 457. The lowest BCUT2D eigenvalue weighted by molar-refractivity contribution is 0.415. The van der Waals surface area contributed by atoms with Crippen molar-refractivity contribution in [3.05, 3.63) is 29.3 Å². The first-order valence-corrected chi connectivity index (χ1v) is 6.59. The summed E-state index contributed by atoms with van der Waals surface area (Å²) in [6, 6.07) is 3.06. The van der Waals surface area contributed by atoms with E-state index in [0.717, 1.165) is 25.6 Å². The van der Waals surface area contributed by atoms with Gasteiger partial charge in [0.2, 0.25) is 0 Å². The van der Waals surface area contributed by atoms with Gasteiger partial charge in [0.15, 0.2) is 0 Å². The van der Waals surface area contributed by atoms with Gasteiger partial charge in [0.1, 0.15) is 11.6 Å². The maximum absolute atomic E-state index is 13.9. The molecular formula is C14H18F2N2. The topological polar surface area (TPSA) is 15.3 Å². The van der Waals surface area contributed by atoms with E-state index < -0.39 is 0 Å². The number of rotatable bonds is 2. The number of aryl methyl sites for hydroxylation is 1. The maximum Gasteiger partial charge on any atom is 0.146 e. The normalized spacial score (nSPS) is 24.4. The van der Waals surface area contributed by atoms with Crippen LogP contribution in [0.3, 0.4) is 0 Å². The van der Waals surface area contributed by atoms with Crippen LogP contribution in [-0.2, 0) is 0 Å². The van der Waals surface area contributed by atoms with Gasteiger partial charge in [-0.25, -0.2) is 8.78 Å². The number of nitrogens with one attached hydrogen (secondary N) is 1. The molecule has 1 aliphatic heterocycles. The Kier molecular flexibility index (Phi) is 2.98. The van der Waals surface area contributed by atoms with Gasteiger partial charge in [0.25, 0.3) is 0 Å². The van der Waals surface area contributed by atoms with Crippen LogP contribution in [-0.4, -0.2) is 25.7 Å². The van der Waals surface area contributed by atoms with Gasteiger partial charge in [-0.3, -0.25) is 0 Å². The van der Waals surface area contributed by atoms with E-state index in [1.807, 2.05) is 4.90 Å². The Labute approximate surface area is 106 Å². The van der Waals surface area contributed by atoms with E-state index in [1.165, 1.54) is 25.0 Å². The van der Waals surface area contributed by atoms with Crippen molar-refractivity contribution in [1.82, 2.24) is 5.32 Å². The lowest BCUT2D eigenvalue weighted by Gasteiger charge is -2.35. The Morgan fingerprint density at radius 3 is 2.72 bits per heavy atom. The van der Waals surface area contributed by atoms with E-state index in [9.17, 15) is 8.78 Å². The molecule has 98 valence electrons. The number of hydrogen-bond acceptors (Lipinski definition) is 2. The molecule has 1 saturated heterocycles. The highest BCUT2D eigenvalue weighted by Crippen LogP contribution is 2.35. The predicted molar refractivity (Wildman–Crippen MR) is 67.8 cm³/mol. The Morgan fingerprint density at radius 2 is 2.00 bits per heavy atom. The summed E-state index contributed by atoms with van der Waals surface area (Å²) < 4.78 is 27.5. The van der Waals surface area contributed by atoms with Crippen molar-refractivity contribution in [2.45, 2.75) is 25.8 Å². The molecule has 0 radical (unpaired) electrons. The second kappa shape index (κ2) is 4.50. The highest BCUT2D eigenvalue weighted by atomic mass is 19.1. The zero-order valence-corrected chi connectivity index (χ0v) is 10.5. The summed E-state index contributed by atoms with van der Waals surface area (Å²) in [7, 11) is 0. The van der Waals surface area contributed by atoms with Crippen LogP contribution >= 0.6 is 0 Å². The zero-order valence-electron chi connectivity index (χ0n) is 10.5. The summed E-state index contributed by atoms with van der Waals surface area (Å²) in [4.78, 5) is 1.97. The summed E-state index contributed by atoms with van der Waals surface area (Å²) in [6.07, 6.45) is 2.52. The van der Waals surface area contributed by atoms with Crippen LogP contribution in [0, 0.1) is 24.5 Å². The van der Waals surface area contributed by atoms with Gasteiger partial charge in [0.05, 0.1) is 5.69 Å². The van der Waals surface area contributed by atoms with E-state index in [4.69, 9.17) is 0 Å². The van der Waals surface area contributed by atoms with Crippen LogP contribution in [0.2, 0.25) is 0 Å². The fraction of sp³-hybridized carbons (Fsp3) is 0.571. The molecule has 2 fully saturated rings. The van der Waals surface area contributed by atoms with Crippen LogP contribution < -0.4 is 10.2 Å². The molecule has 18 heavy (non-hydrogen) atoms. The number of piperazine rings is 1. The molecule has 0 spiro atoms. The third-order valence-corrected chi connectivity index (χ3v) is 3.97. The average molecular weight is 252 g/mol. The molecule has 1 saturated carbocycles. The quantitative estimate of drug-likeness (QED) is 0.870. The van der Waals surface area contributed by atoms with E-state index in [1.54, 1.807) is 6.92 Å². The SMILES string of the molecule is Cc1cc(F)c(N2CCNC(C3CC3)C2)cc1F. The predicted octanol–water partition coefficient (Wildman–Crippen LogP) is 2.46. The highest BCUT2D eigenvalue weighted by Gasteiger charge is 2.34. The molecule has 1 N–H and O–H groups in total. The van der Waals surface area contributed by atoms with E-state index in [0.29, 0.717) is 17.3 Å². The van der Waals surface area contributed by atoms with Crippen molar-refractivity contribution in [3.8, 4) is 0 Å². The largest absolute Gasteiger partial charge is 0.366 e. The Morgan fingerprint density at radius 1 is 1.22 bits per heavy atom. The lowest BCUT2D eigenvalue weighted by Crippen LogP contribution is -2.52. The first-order chi connectivity index (χ1) is 8.65. The van der Waals surface area contributed by atoms with Crippen LogP contribution in [0.15, 0.2) is 12.1 Å². The van der Waals surface area contributed by atoms with Gasteiger partial charge >= 0.3 is 0 Å². The molecule has 1 aliphatic carbocycles. The monoisotopic (exact) mass is 252 g/mol. The number of nitrogens with zero attached hydrogens (tertiary/aromatic N) is 1. The molecule has 1 unspecified atom stereocenters. The minimum absolute atomic E-state index is 0.314. The standard InChI is InChI=1S/C14H18F2N2/c1-9-6-12(16)14(7-11(9)15)18-5-4-17-13(8-18)10-2-3-10/h6-7,10,13,17H,2-5,8H2,1H3. The molecule has 1 aromatic carbocycles. The van der Waals surface area contributed by atoms with E-state index >= 15 is 0 Å². The van der Waals surface area contributed by atoms with Gasteiger partial charge in [-0.15, -0.1) is 0 Å². The van der Waals surface area contributed by atoms with Gasteiger partial charge in [-0.1, -0.05) is 0 Å². The van der Waals surface area contributed by atoms with Gasteiger partial charge in [-0.05, 0) is 37.3 Å². The summed E-state index contributed by atoms with van der Waals surface area (Å²) in [6.45, 7) is 3.95. The third kappa shape index (κ3) is 2.21. The first-order valence-electron chi connectivity index (χ1n) is 6.59. The molecule has 3 rings (SSSR count). The summed E-state index contributed by atoms with van der Waals surface area (Å²) in [5.41, 5.74) is 0.773. The molecule has 0 aromatic heterocycles. The summed E-state index contributed by atoms with van der Waals surface area (Å²) >= 11 is 0. The maximum atomic E-state index is 13.9.